The number of thioether (sulfide) groups is 1. The molecule has 5 atom stereocenters. The molecule has 2 heterocycles. The van der Waals surface area contributed by atoms with Crippen LogP contribution in [0, 0.1) is 6.92 Å². The molecule has 4 N–H and O–H groups in total. The molecule has 1 aliphatic rings. The van der Waals surface area contributed by atoms with Gasteiger partial charge >= 0.3 is 0 Å². The molecule has 2 rings (SSSR count). The Morgan fingerprint density at radius 1 is 1.41 bits per heavy atom. The molecule has 1 aromatic rings. The fourth-order valence-electron chi connectivity index (χ4n) is 2.27. The average Bonchev–Trinajstić information content (AvgIpc) is 2.46. The molecule has 1 fully saturated rings. The first-order valence-electron chi connectivity index (χ1n) is 6.92. The van der Waals surface area contributed by atoms with Crippen molar-refractivity contribution in [3.8, 4) is 0 Å². The minimum atomic E-state index is -1.27. The number of aliphatic hydroxyl groups is 3. The molecule has 7 nitrogen and oxygen atoms in total. The number of hydrogen-bond acceptors (Lipinski definition) is 7. The number of rotatable bonds is 4. The van der Waals surface area contributed by atoms with Gasteiger partial charge in [-0.3, -0.25) is 4.79 Å². The van der Waals surface area contributed by atoms with E-state index in [1.807, 2.05) is 19.1 Å². The van der Waals surface area contributed by atoms with Crippen LogP contribution in [-0.2, 0) is 9.53 Å². The lowest BCUT2D eigenvalue weighted by atomic mass is 9.98. The van der Waals surface area contributed by atoms with E-state index in [0.29, 0.717) is 5.03 Å². The first-order valence-corrected chi connectivity index (χ1v) is 7.80. The summed E-state index contributed by atoms with van der Waals surface area (Å²) in [5.41, 5.74) is 0.157. The third-order valence-electron chi connectivity index (χ3n) is 3.35. The maximum atomic E-state index is 11.3. The van der Waals surface area contributed by atoms with Gasteiger partial charge in [0, 0.05) is 12.6 Å². The van der Waals surface area contributed by atoms with Crippen LogP contribution in [0.25, 0.3) is 0 Å². The van der Waals surface area contributed by atoms with E-state index in [1.165, 1.54) is 18.7 Å². The lowest BCUT2D eigenvalue weighted by Crippen LogP contribution is -2.63. The third-order valence-corrected chi connectivity index (χ3v) is 4.46. The Morgan fingerprint density at radius 2 is 2.14 bits per heavy atom. The van der Waals surface area contributed by atoms with Gasteiger partial charge in [0.2, 0.25) is 5.91 Å². The van der Waals surface area contributed by atoms with E-state index in [1.54, 1.807) is 6.07 Å². The number of nitrogens with zero attached hydrogens (tertiary/aromatic N) is 1. The Labute approximate surface area is 132 Å². The van der Waals surface area contributed by atoms with Gasteiger partial charge in [0.25, 0.3) is 0 Å². The molecule has 1 saturated heterocycles. The standard InChI is InChI=1S/C14H20N2O5S/c1-7-4-3-5-10(15-7)22-14-11(16-8(2)18)13(20)12(19)9(6-17)21-14/h3-5,9,11-14,17,19-20H,6H2,1-2H3,(H,16,18)/t9-,11+,12-,13-,14+/m1/s1. The Balaban J connectivity index is 2.21. The Kier molecular flexibility index (Phi) is 5.76. The van der Waals surface area contributed by atoms with Crippen molar-refractivity contribution in [3.63, 3.8) is 0 Å². The summed E-state index contributed by atoms with van der Waals surface area (Å²) in [4.78, 5) is 15.7. The highest BCUT2D eigenvalue weighted by Gasteiger charge is 2.45. The molecule has 22 heavy (non-hydrogen) atoms. The van der Waals surface area contributed by atoms with Crippen LogP contribution in [0.1, 0.15) is 12.6 Å². The zero-order valence-electron chi connectivity index (χ0n) is 12.3. The number of aromatic nitrogens is 1. The number of nitrogens with one attached hydrogen (secondary N) is 1. The Hall–Kier alpha value is -1.19. The van der Waals surface area contributed by atoms with Crippen LogP contribution in [0.2, 0.25) is 0 Å². The van der Waals surface area contributed by atoms with Crippen molar-refractivity contribution >= 4 is 17.7 Å². The van der Waals surface area contributed by atoms with Gasteiger partial charge in [-0.25, -0.2) is 4.98 Å². The smallest absolute Gasteiger partial charge is 0.217 e. The van der Waals surface area contributed by atoms with E-state index in [2.05, 4.69) is 10.3 Å². The van der Waals surface area contributed by atoms with Crippen molar-refractivity contribution in [1.82, 2.24) is 10.3 Å². The predicted molar refractivity (Wildman–Crippen MR) is 80.2 cm³/mol. The second-order valence-corrected chi connectivity index (χ2v) is 6.29. The van der Waals surface area contributed by atoms with E-state index in [9.17, 15) is 20.1 Å². The lowest BCUT2D eigenvalue weighted by molar-refractivity contribution is -0.173. The number of pyridine rings is 1. The summed E-state index contributed by atoms with van der Waals surface area (Å²) in [5, 5.41) is 32.7. The normalized spacial score (nSPS) is 31.8. The molecule has 122 valence electrons. The summed E-state index contributed by atoms with van der Waals surface area (Å²) < 4.78 is 5.62. The first kappa shape index (κ1) is 17.2. The van der Waals surface area contributed by atoms with Crippen molar-refractivity contribution in [2.45, 2.75) is 48.7 Å². The van der Waals surface area contributed by atoms with Crippen LogP contribution < -0.4 is 5.32 Å². The van der Waals surface area contributed by atoms with Gasteiger partial charge in [-0.05, 0) is 19.1 Å². The Morgan fingerprint density at radius 3 is 2.73 bits per heavy atom. The number of ether oxygens (including phenoxy) is 1. The largest absolute Gasteiger partial charge is 0.394 e. The predicted octanol–water partition coefficient (Wildman–Crippen LogP) is -0.574. The van der Waals surface area contributed by atoms with E-state index < -0.39 is 36.4 Å². The molecular formula is C14H20N2O5S. The topological polar surface area (TPSA) is 112 Å². The minimum Gasteiger partial charge on any atom is -0.394 e. The monoisotopic (exact) mass is 328 g/mol. The molecule has 1 amide bonds. The maximum absolute atomic E-state index is 11.3. The van der Waals surface area contributed by atoms with Crippen molar-refractivity contribution < 1.29 is 24.9 Å². The second-order valence-electron chi connectivity index (χ2n) is 5.17. The molecule has 0 aliphatic carbocycles. The highest BCUT2D eigenvalue weighted by Crippen LogP contribution is 2.32. The van der Waals surface area contributed by atoms with Crippen molar-refractivity contribution in [2.75, 3.05) is 6.61 Å². The molecule has 1 aromatic heterocycles. The highest BCUT2D eigenvalue weighted by molar-refractivity contribution is 7.99. The first-order chi connectivity index (χ1) is 10.4. The molecule has 0 aromatic carbocycles. The number of hydrogen-bond donors (Lipinski definition) is 4. The van der Waals surface area contributed by atoms with Crippen LogP contribution in [-0.4, -0.2) is 62.6 Å². The summed E-state index contributed by atoms with van der Waals surface area (Å²) in [6.07, 6.45) is -3.43. The molecule has 0 saturated carbocycles. The average molecular weight is 328 g/mol. The van der Waals surface area contributed by atoms with E-state index in [0.717, 1.165) is 5.69 Å². The van der Waals surface area contributed by atoms with Gasteiger partial charge in [-0.2, -0.15) is 0 Å². The summed E-state index contributed by atoms with van der Waals surface area (Å²) in [7, 11) is 0. The quantitative estimate of drug-likeness (QED) is 0.585. The highest BCUT2D eigenvalue weighted by atomic mass is 32.2. The zero-order valence-corrected chi connectivity index (χ0v) is 13.2. The summed E-state index contributed by atoms with van der Waals surface area (Å²) in [6.45, 7) is 2.75. The molecule has 0 radical (unpaired) electrons. The number of amides is 1. The minimum absolute atomic E-state index is 0.343. The number of carbonyl (C=O) groups is 1. The number of carbonyl (C=O) groups excluding carboxylic acids is 1. The zero-order chi connectivity index (χ0) is 16.3. The van der Waals surface area contributed by atoms with E-state index in [4.69, 9.17) is 4.74 Å². The van der Waals surface area contributed by atoms with Crippen LogP contribution in [0.4, 0.5) is 0 Å². The van der Waals surface area contributed by atoms with Crippen molar-refractivity contribution in [1.29, 1.82) is 0 Å². The summed E-state index contributed by atoms with van der Waals surface area (Å²) in [5.74, 6) is -0.343. The lowest BCUT2D eigenvalue weighted by Gasteiger charge is -2.42. The van der Waals surface area contributed by atoms with Crippen molar-refractivity contribution in [3.05, 3.63) is 23.9 Å². The van der Waals surface area contributed by atoms with Gasteiger partial charge < -0.3 is 25.4 Å². The summed E-state index contributed by atoms with van der Waals surface area (Å²) >= 11 is 1.22. The Bertz CT molecular complexity index is 530. The van der Waals surface area contributed by atoms with Crippen LogP contribution in [0.5, 0.6) is 0 Å². The van der Waals surface area contributed by atoms with Gasteiger partial charge in [-0.15, -0.1) is 0 Å². The number of aliphatic hydroxyl groups excluding tert-OH is 3. The fraction of sp³-hybridized carbons (Fsp3) is 0.571. The number of aryl methyl sites for hydroxylation is 1. The van der Waals surface area contributed by atoms with Gasteiger partial charge in [0.05, 0.1) is 17.7 Å². The summed E-state index contributed by atoms with van der Waals surface area (Å²) in [6, 6.07) is 4.68. The molecule has 8 heteroatoms. The molecule has 0 unspecified atom stereocenters. The van der Waals surface area contributed by atoms with Gasteiger partial charge in [0.1, 0.15) is 23.7 Å². The van der Waals surface area contributed by atoms with E-state index in [-0.39, 0.29) is 5.91 Å². The van der Waals surface area contributed by atoms with Crippen LogP contribution >= 0.6 is 11.8 Å². The van der Waals surface area contributed by atoms with Gasteiger partial charge in [-0.1, -0.05) is 17.8 Å². The molecule has 1 aliphatic heterocycles. The van der Waals surface area contributed by atoms with Gasteiger partial charge in [0.15, 0.2) is 0 Å². The maximum Gasteiger partial charge on any atom is 0.217 e. The van der Waals surface area contributed by atoms with Crippen LogP contribution in [0.15, 0.2) is 23.2 Å². The van der Waals surface area contributed by atoms with Crippen LogP contribution in [0.3, 0.4) is 0 Å². The fourth-order valence-corrected chi connectivity index (χ4v) is 3.44. The molecular weight excluding hydrogens is 308 g/mol. The molecule has 0 spiro atoms. The van der Waals surface area contributed by atoms with E-state index >= 15 is 0 Å². The SMILES string of the molecule is CC(=O)N[C@H]1[C@@H](O)[C@H](O)[C@@H](CO)O[C@H]1Sc1cccc(C)n1. The van der Waals surface area contributed by atoms with Crippen molar-refractivity contribution in [2.24, 2.45) is 0 Å². The second kappa shape index (κ2) is 7.38. The third kappa shape index (κ3) is 3.96. The molecule has 0 bridgehead atoms.